The molecular formula is C10H16N. The summed E-state index contributed by atoms with van der Waals surface area (Å²) in [6.07, 6.45) is 5.24. The van der Waals surface area contributed by atoms with E-state index in [4.69, 9.17) is 0 Å². The predicted molar refractivity (Wildman–Crippen MR) is 45.9 cm³/mol. The SMILES string of the molecule is CC1=CCC2CC1C2(C)C.[N]. The number of hydrogen-bond donors (Lipinski definition) is 0. The molecule has 61 valence electrons. The van der Waals surface area contributed by atoms with Crippen molar-refractivity contribution in [3.05, 3.63) is 11.6 Å². The Hall–Kier alpha value is -0.300. The van der Waals surface area contributed by atoms with Gasteiger partial charge in [0.05, 0.1) is 0 Å². The van der Waals surface area contributed by atoms with E-state index in [1.807, 2.05) is 0 Å². The van der Waals surface area contributed by atoms with Gasteiger partial charge in [0.25, 0.3) is 0 Å². The van der Waals surface area contributed by atoms with Crippen LogP contribution in [0.4, 0.5) is 0 Å². The van der Waals surface area contributed by atoms with Gasteiger partial charge in [0.2, 0.25) is 0 Å². The smallest absolute Gasteiger partial charge is 0 e. The fraction of sp³-hybridized carbons (Fsp3) is 0.800. The molecule has 2 atom stereocenters. The van der Waals surface area contributed by atoms with Crippen LogP contribution < -0.4 is 6.15 Å². The maximum atomic E-state index is 2.43. The van der Waals surface area contributed by atoms with E-state index in [0.29, 0.717) is 5.41 Å². The molecule has 0 aromatic heterocycles. The Morgan fingerprint density at radius 1 is 1.45 bits per heavy atom. The van der Waals surface area contributed by atoms with E-state index >= 15 is 0 Å². The summed E-state index contributed by atoms with van der Waals surface area (Å²) in [6.45, 7) is 7.13. The Balaban J connectivity index is 0.000000605. The average molecular weight is 150 g/mol. The molecule has 2 unspecified atom stereocenters. The largest absolute Gasteiger partial charge is 0.0850 e. The van der Waals surface area contributed by atoms with Crippen molar-refractivity contribution in [3.63, 3.8) is 0 Å². The standard InChI is InChI=1S/C10H16.N/c1-7-4-5-8-6-9(7)10(8,2)3;/h4,8-9H,5-6H2,1-3H3;. The van der Waals surface area contributed by atoms with Gasteiger partial charge in [-0.05, 0) is 37.0 Å². The summed E-state index contributed by atoms with van der Waals surface area (Å²) in [5.41, 5.74) is 2.28. The van der Waals surface area contributed by atoms with E-state index in [1.165, 1.54) is 12.8 Å². The van der Waals surface area contributed by atoms with Crippen molar-refractivity contribution in [2.45, 2.75) is 33.6 Å². The van der Waals surface area contributed by atoms with Gasteiger partial charge in [0.15, 0.2) is 0 Å². The van der Waals surface area contributed by atoms with Crippen molar-refractivity contribution in [3.8, 4) is 0 Å². The zero-order chi connectivity index (χ0) is 7.35. The summed E-state index contributed by atoms with van der Waals surface area (Å²) >= 11 is 0. The van der Waals surface area contributed by atoms with Crippen LogP contribution in [-0.4, -0.2) is 0 Å². The number of nitrogens with zero attached hydrogens (tertiary/aromatic N) is 1. The minimum Gasteiger partial charge on any atom is -0.0850 e. The third-order valence-corrected chi connectivity index (χ3v) is 3.74. The van der Waals surface area contributed by atoms with Crippen LogP contribution in [0.25, 0.3) is 0 Å². The fourth-order valence-electron chi connectivity index (χ4n) is 2.66. The highest BCUT2D eigenvalue weighted by atomic mass is 14.5. The van der Waals surface area contributed by atoms with Gasteiger partial charge >= 0.3 is 0 Å². The summed E-state index contributed by atoms with van der Waals surface area (Å²) in [5, 5.41) is 0. The Labute approximate surface area is 69.5 Å². The topological polar surface area (TPSA) is 30.5 Å². The molecule has 3 aliphatic rings. The molecule has 0 aromatic carbocycles. The van der Waals surface area contributed by atoms with Crippen molar-refractivity contribution in [1.82, 2.24) is 6.15 Å². The van der Waals surface area contributed by atoms with E-state index in [-0.39, 0.29) is 6.15 Å². The maximum Gasteiger partial charge on any atom is 0 e. The zero-order valence-electron chi connectivity index (χ0n) is 7.59. The molecule has 3 aliphatic carbocycles. The van der Waals surface area contributed by atoms with Crippen molar-refractivity contribution in [2.24, 2.45) is 17.3 Å². The van der Waals surface area contributed by atoms with E-state index < -0.39 is 0 Å². The summed E-state index contributed by atoms with van der Waals surface area (Å²) in [5.74, 6) is 1.92. The quantitative estimate of drug-likeness (QED) is 0.475. The van der Waals surface area contributed by atoms with Crippen molar-refractivity contribution in [1.29, 1.82) is 0 Å². The van der Waals surface area contributed by atoms with Gasteiger partial charge in [0, 0.05) is 6.15 Å². The molecule has 0 N–H and O–H groups in total. The lowest BCUT2D eigenvalue weighted by molar-refractivity contribution is -0.00579. The highest BCUT2D eigenvalue weighted by Crippen LogP contribution is 2.58. The number of fused-ring (bicyclic) bond motifs is 1. The average Bonchev–Trinajstić information content (AvgIpc) is 1.87. The lowest BCUT2D eigenvalue weighted by atomic mass is 9.49. The van der Waals surface area contributed by atoms with Crippen molar-refractivity contribution < 1.29 is 0 Å². The zero-order valence-corrected chi connectivity index (χ0v) is 7.59. The Kier molecular flexibility index (Phi) is 1.87. The first-order valence-corrected chi connectivity index (χ1v) is 4.29. The predicted octanol–water partition coefficient (Wildman–Crippen LogP) is 2.52. The number of allylic oxidation sites excluding steroid dienone is 2. The highest BCUT2D eigenvalue weighted by molar-refractivity contribution is 5.21. The molecule has 1 nitrogen and oxygen atoms in total. The van der Waals surface area contributed by atoms with Gasteiger partial charge in [0.1, 0.15) is 0 Å². The number of rotatable bonds is 0. The first-order chi connectivity index (χ1) is 4.62. The molecule has 3 radical (unpaired) electrons. The molecule has 0 amide bonds. The van der Waals surface area contributed by atoms with Crippen LogP contribution in [0.2, 0.25) is 0 Å². The highest BCUT2D eigenvalue weighted by Gasteiger charge is 2.49. The summed E-state index contributed by atoms with van der Waals surface area (Å²) in [6, 6.07) is 0. The second-order valence-corrected chi connectivity index (χ2v) is 4.49. The normalized spacial score (nSPS) is 38.3. The maximum absolute atomic E-state index is 2.43. The third kappa shape index (κ3) is 0.943. The molecule has 0 aromatic rings. The fourth-order valence-corrected chi connectivity index (χ4v) is 2.66. The molecule has 0 saturated heterocycles. The van der Waals surface area contributed by atoms with Crippen molar-refractivity contribution >= 4 is 0 Å². The van der Waals surface area contributed by atoms with Crippen LogP contribution >= 0.6 is 0 Å². The van der Waals surface area contributed by atoms with Gasteiger partial charge < -0.3 is 0 Å². The van der Waals surface area contributed by atoms with Gasteiger partial charge in [-0.1, -0.05) is 25.5 Å². The molecular weight excluding hydrogens is 134 g/mol. The molecule has 1 fully saturated rings. The summed E-state index contributed by atoms with van der Waals surface area (Å²) < 4.78 is 0. The van der Waals surface area contributed by atoms with Crippen LogP contribution in [0.5, 0.6) is 0 Å². The third-order valence-electron chi connectivity index (χ3n) is 3.74. The molecule has 1 saturated carbocycles. The van der Waals surface area contributed by atoms with Gasteiger partial charge in [-0.25, -0.2) is 0 Å². The minimum absolute atomic E-state index is 0. The lowest BCUT2D eigenvalue weighted by Crippen LogP contribution is -2.47. The molecule has 11 heavy (non-hydrogen) atoms. The lowest BCUT2D eigenvalue weighted by Gasteiger charge is -2.56. The summed E-state index contributed by atoms with van der Waals surface area (Å²) in [7, 11) is 0. The van der Waals surface area contributed by atoms with Crippen LogP contribution in [0.15, 0.2) is 11.6 Å². The Morgan fingerprint density at radius 2 is 2.09 bits per heavy atom. The van der Waals surface area contributed by atoms with Gasteiger partial charge in [-0.2, -0.15) is 0 Å². The summed E-state index contributed by atoms with van der Waals surface area (Å²) in [4.78, 5) is 0. The monoisotopic (exact) mass is 150 g/mol. The second-order valence-electron chi connectivity index (χ2n) is 4.49. The Bertz CT molecular complexity index is 191. The second kappa shape index (κ2) is 2.34. The molecule has 0 heterocycles. The van der Waals surface area contributed by atoms with Crippen LogP contribution in [0.1, 0.15) is 33.6 Å². The molecule has 2 bridgehead atoms. The molecule has 1 heteroatoms. The van der Waals surface area contributed by atoms with E-state index in [9.17, 15) is 0 Å². The Morgan fingerprint density at radius 3 is 2.36 bits per heavy atom. The first kappa shape index (κ1) is 8.79. The molecule has 0 aliphatic heterocycles. The minimum atomic E-state index is 0. The van der Waals surface area contributed by atoms with Crippen LogP contribution in [0.3, 0.4) is 0 Å². The van der Waals surface area contributed by atoms with E-state index in [1.54, 1.807) is 5.57 Å². The molecule has 0 spiro atoms. The van der Waals surface area contributed by atoms with Gasteiger partial charge in [-0.15, -0.1) is 0 Å². The van der Waals surface area contributed by atoms with Crippen molar-refractivity contribution in [2.75, 3.05) is 0 Å². The van der Waals surface area contributed by atoms with E-state index in [0.717, 1.165) is 11.8 Å². The number of hydrogen-bond acceptors (Lipinski definition) is 0. The van der Waals surface area contributed by atoms with Crippen LogP contribution in [0, 0.1) is 17.3 Å². The van der Waals surface area contributed by atoms with E-state index in [2.05, 4.69) is 26.8 Å². The van der Waals surface area contributed by atoms with Crippen LogP contribution in [-0.2, 0) is 0 Å². The first-order valence-electron chi connectivity index (χ1n) is 4.29. The molecule has 3 rings (SSSR count). The van der Waals surface area contributed by atoms with Gasteiger partial charge in [-0.3, -0.25) is 0 Å².